The number of nitrogens with one attached hydrogen (secondary N) is 1. The predicted octanol–water partition coefficient (Wildman–Crippen LogP) is 2.12. The summed E-state index contributed by atoms with van der Waals surface area (Å²) in [4.78, 5) is 4.77. The minimum atomic E-state index is -3.18. The second-order valence-corrected chi connectivity index (χ2v) is 7.75. The van der Waals surface area contributed by atoms with Gasteiger partial charge in [0.2, 0.25) is 0 Å². The molecule has 124 valence electrons. The molecule has 2 heterocycles. The number of ether oxygens (including phenoxy) is 1. The summed E-state index contributed by atoms with van der Waals surface area (Å²) in [5, 5.41) is 3.32. The van der Waals surface area contributed by atoms with E-state index >= 15 is 0 Å². The molecule has 1 aliphatic heterocycles. The van der Waals surface area contributed by atoms with Crippen molar-refractivity contribution in [3.63, 3.8) is 0 Å². The number of benzene rings is 1. The van der Waals surface area contributed by atoms with Crippen LogP contribution in [0.3, 0.4) is 0 Å². The van der Waals surface area contributed by atoms with Crippen LogP contribution in [0.15, 0.2) is 39.8 Å². The molecule has 6 nitrogen and oxygen atoms in total. The van der Waals surface area contributed by atoms with E-state index in [-0.39, 0.29) is 4.90 Å². The Hall–Kier alpha value is -1.86. The molecule has 0 unspecified atom stereocenters. The number of hydrogen-bond acceptors (Lipinski definition) is 6. The van der Waals surface area contributed by atoms with Gasteiger partial charge in [-0.3, -0.25) is 0 Å². The topological polar surface area (TPSA) is 81.4 Å². The van der Waals surface area contributed by atoms with Crippen LogP contribution in [-0.2, 0) is 16.4 Å². The van der Waals surface area contributed by atoms with Gasteiger partial charge in [-0.05, 0) is 50.2 Å². The Labute approximate surface area is 135 Å². The van der Waals surface area contributed by atoms with Gasteiger partial charge < -0.3 is 14.5 Å². The lowest BCUT2D eigenvalue weighted by Crippen LogP contribution is -2.26. The highest BCUT2D eigenvalue weighted by Crippen LogP contribution is 2.25. The zero-order chi connectivity index (χ0) is 16.3. The van der Waals surface area contributed by atoms with Gasteiger partial charge in [-0.25, -0.2) is 13.4 Å². The smallest absolute Gasteiger partial charge is 0.197 e. The normalized spacial score (nSPS) is 16.4. The average molecular weight is 336 g/mol. The summed E-state index contributed by atoms with van der Waals surface area (Å²) in [6.07, 6.45) is 4.88. The second-order valence-electron chi connectivity index (χ2n) is 5.73. The van der Waals surface area contributed by atoms with E-state index in [1.807, 2.05) is 0 Å². The minimum absolute atomic E-state index is 0.277. The Morgan fingerprint density at radius 2 is 1.96 bits per heavy atom. The van der Waals surface area contributed by atoms with E-state index in [4.69, 9.17) is 9.15 Å². The molecule has 0 atom stereocenters. The maximum Gasteiger partial charge on any atom is 0.197 e. The third-order valence-electron chi connectivity index (χ3n) is 3.90. The SMILES string of the molecule is CS(=O)(=O)c1ccc(OCc2coc(C3CCNCC3)n2)cc1. The highest BCUT2D eigenvalue weighted by atomic mass is 32.2. The van der Waals surface area contributed by atoms with Crippen LogP contribution < -0.4 is 10.1 Å². The van der Waals surface area contributed by atoms with Crippen LogP contribution in [0.1, 0.15) is 30.3 Å². The van der Waals surface area contributed by atoms with Crippen LogP contribution in [0.5, 0.6) is 5.75 Å². The number of aromatic nitrogens is 1. The number of rotatable bonds is 5. The summed E-state index contributed by atoms with van der Waals surface area (Å²) in [6.45, 7) is 2.28. The molecule has 1 saturated heterocycles. The Balaban J connectivity index is 1.59. The molecule has 1 aromatic heterocycles. The maximum atomic E-state index is 11.4. The van der Waals surface area contributed by atoms with Gasteiger partial charge in [-0.15, -0.1) is 0 Å². The number of nitrogens with zero attached hydrogens (tertiary/aromatic N) is 1. The lowest BCUT2D eigenvalue weighted by atomic mass is 9.98. The van der Waals surface area contributed by atoms with E-state index in [2.05, 4.69) is 10.3 Å². The Bertz CT molecular complexity index is 747. The average Bonchev–Trinajstić information content (AvgIpc) is 3.02. The van der Waals surface area contributed by atoms with Crippen molar-refractivity contribution in [2.75, 3.05) is 19.3 Å². The van der Waals surface area contributed by atoms with Crippen LogP contribution in [-0.4, -0.2) is 32.7 Å². The van der Waals surface area contributed by atoms with Gasteiger partial charge in [0.15, 0.2) is 15.7 Å². The van der Waals surface area contributed by atoms with Crippen LogP contribution in [0.4, 0.5) is 0 Å². The highest BCUT2D eigenvalue weighted by Gasteiger charge is 2.20. The van der Waals surface area contributed by atoms with Crippen LogP contribution >= 0.6 is 0 Å². The monoisotopic (exact) mass is 336 g/mol. The molecule has 1 aliphatic rings. The second kappa shape index (κ2) is 6.72. The van der Waals surface area contributed by atoms with Crippen molar-refractivity contribution in [3.05, 3.63) is 42.1 Å². The van der Waals surface area contributed by atoms with E-state index in [0.717, 1.165) is 37.5 Å². The molecule has 0 aliphatic carbocycles. The molecule has 0 bridgehead atoms. The van der Waals surface area contributed by atoms with Gasteiger partial charge in [0.1, 0.15) is 24.3 Å². The first-order valence-corrected chi connectivity index (χ1v) is 9.49. The van der Waals surface area contributed by atoms with Crippen molar-refractivity contribution in [1.82, 2.24) is 10.3 Å². The van der Waals surface area contributed by atoms with Gasteiger partial charge in [-0.1, -0.05) is 0 Å². The molecule has 0 amide bonds. The van der Waals surface area contributed by atoms with Crippen LogP contribution in [0.25, 0.3) is 0 Å². The van der Waals surface area contributed by atoms with E-state index in [9.17, 15) is 8.42 Å². The molecule has 7 heteroatoms. The van der Waals surface area contributed by atoms with Gasteiger partial charge in [0.25, 0.3) is 0 Å². The molecule has 2 aromatic rings. The zero-order valence-electron chi connectivity index (χ0n) is 13.0. The fraction of sp³-hybridized carbons (Fsp3) is 0.438. The van der Waals surface area contributed by atoms with Gasteiger partial charge in [0, 0.05) is 12.2 Å². The first-order chi connectivity index (χ1) is 11.0. The largest absolute Gasteiger partial charge is 0.487 e. The van der Waals surface area contributed by atoms with Gasteiger partial charge in [0.05, 0.1) is 4.90 Å². The van der Waals surface area contributed by atoms with Crippen molar-refractivity contribution in [2.24, 2.45) is 0 Å². The molecule has 1 aromatic carbocycles. The molecule has 0 spiro atoms. The van der Waals surface area contributed by atoms with Crippen molar-refractivity contribution in [1.29, 1.82) is 0 Å². The number of hydrogen-bond donors (Lipinski definition) is 1. The van der Waals surface area contributed by atoms with E-state index < -0.39 is 9.84 Å². The van der Waals surface area contributed by atoms with Crippen LogP contribution in [0, 0.1) is 0 Å². The Morgan fingerprint density at radius 3 is 2.61 bits per heavy atom. The fourth-order valence-corrected chi connectivity index (χ4v) is 3.22. The highest BCUT2D eigenvalue weighted by molar-refractivity contribution is 7.90. The molecule has 3 rings (SSSR count). The third-order valence-corrected chi connectivity index (χ3v) is 5.02. The quantitative estimate of drug-likeness (QED) is 0.901. The predicted molar refractivity (Wildman–Crippen MR) is 85.2 cm³/mol. The summed E-state index contributed by atoms with van der Waals surface area (Å²) in [7, 11) is -3.18. The summed E-state index contributed by atoms with van der Waals surface area (Å²) in [5.41, 5.74) is 0.741. The molecule has 23 heavy (non-hydrogen) atoms. The number of oxazole rings is 1. The fourth-order valence-electron chi connectivity index (χ4n) is 2.59. The lowest BCUT2D eigenvalue weighted by molar-refractivity contribution is 0.300. The van der Waals surface area contributed by atoms with Crippen molar-refractivity contribution < 1.29 is 17.6 Å². The van der Waals surface area contributed by atoms with E-state index in [0.29, 0.717) is 18.3 Å². The molecule has 0 radical (unpaired) electrons. The summed E-state index contributed by atoms with van der Waals surface area (Å²) in [5.74, 6) is 1.75. The summed E-state index contributed by atoms with van der Waals surface area (Å²) in [6, 6.07) is 6.36. The third kappa shape index (κ3) is 4.11. The summed E-state index contributed by atoms with van der Waals surface area (Å²) >= 11 is 0. The maximum absolute atomic E-state index is 11.4. The standard InChI is InChI=1S/C16H20N2O4S/c1-23(19,20)15-4-2-14(3-5-15)21-10-13-11-22-16(18-13)12-6-8-17-9-7-12/h2-5,11-12,17H,6-10H2,1H3. The summed E-state index contributed by atoms with van der Waals surface area (Å²) < 4.78 is 34.0. The number of piperidine rings is 1. The molecular weight excluding hydrogens is 316 g/mol. The minimum Gasteiger partial charge on any atom is -0.487 e. The Kier molecular flexibility index (Phi) is 4.68. The van der Waals surface area contributed by atoms with Crippen molar-refractivity contribution in [3.8, 4) is 5.75 Å². The molecule has 0 saturated carbocycles. The molecule has 1 N–H and O–H groups in total. The zero-order valence-corrected chi connectivity index (χ0v) is 13.8. The lowest BCUT2D eigenvalue weighted by Gasteiger charge is -2.19. The van der Waals surface area contributed by atoms with E-state index in [1.165, 1.54) is 18.4 Å². The van der Waals surface area contributed by atoms with Gasteiger partial charge in [-0.2, -0.15) is 0 Å². The first-order valence-electron chi connectivity index (χ1n) is 7.60. The van der Waals surface area contributed by atoms with Crippen molar-refractivity contribution in [2.45, 2.75) is 30.3 Å². The van der Waals surface area contributed by atoms with E-state index in [1.54, 1.807) is 18.4 Å². The molecule has 1 fully saturated rings. The van der Waals surface area contributed by atoms with Crippen LogP contribution in [0.2, 0.25) is 0 Å². The Morgan fingerprint density at radius 1 is 1.26 bits per heavy atom. The first kappa shape index (κ1) is 16.0. The van der Waals surface area contributed by atoms with Crippen molar-refractivity contribution >= 4 is 9.84 Å². The number of sulfone groups is 1. The molecular formula is C16H20N2O4S. The van der Waals surface area contributed by atoms with Gasteiger partial charge >= 0.3 is 0 Å².